The molecule has 1 aromatic heterocycles. The van der Waals surface area contributed by atoms with Crippen molar-refractivity contribution < 1.29 is 14.6 Å². The number of rotatable bonds is 5. The van der Waals surface area contributed by atoms with Crippen molar-refractivity contribution in [1.29, 1.82) is 0 Å². The molecule has 1 saturated heterocycles. The predicted molar refractivity (Wildman–Crippen MR) is 52.7 cm³/mol. The zero-order chi connectivity index (χ0) is 11.4. The molecule has 0 aliphatic carbocycles. The number of ether oxygens (including phenoxy) is 1. The van der Waals surface area contributed by atoms with Crippen LogP contribution in [0.4, 0.5) is 0 Å². The summed E-state index contributed by atoms with van der Waals surface area (Å²) in [4.78, 5) is 10.5. The van der Waals surface area contributed by atoms with E-state index in [0.29, 0.717) is 12.2 Å². The molecule has 2 rings (SSSR count). The summed E-state index contributed by atoms with van der Waals surface area (Å²) in [6.07, 6.45) is 3.95. The highest BCUT2D eigenvalue weighted by molar-refractivity contribution is 5.66. The summed E-state index contributed by atoms with van der Waals surface area (Å²) in [6, 6.07) is 0. The molecular weight excluding hydrogens is 212 g/mol. The van der Waals surface area contributed by atoms with E-state index in [9.17, 15) is 4.79 Å². The number of carbonyl (C=O) groups is 1. The van der Waals surface area contributed by atoms with Crippen molar-refractivity contribution in [2.24, 2.45) is 0 Å². The van der Waals surface area contributed by atoms with Gasteiger partial charge in [0.25, 0.3) is 0 Å². The van der Waals surface area contributed by atoms with Crippen LogP contribution in [0.25, 0.3) is 0 Å². The minimum atomic E-state index is -0.939. The SMILES string of the molecule is O=C(O)Cn1nnnc1CCC1CCCO1. The summed E-state index contributed by atoms with van der Waals surface area (Å²) in [5.41, 5.74) is 0. The van der Waals surface area contributed by atoms with E-state index in [-0.39, 0.29) is 12.6 Å². The number of aliphatic carboxylic acids is 1. The highest BCUT2D eigenvalue weighted by atomic mass is 16.5. The van der Waals surface area contributed by atoms with E-state index in [2.05, 4.69) is 15.5 Å². The van der Waals surface area contributed by atoms with Gasteiger partial charge >= 0.3 is 5.97 Å². The molecule has 1 fully saturated rings. The Bertz CT molecular complexity index is 359. The molecule has 1 aliphatic heterocycles. The molecule has 16 heavy (non-hydrogen) atoms. The standard InChI is InChI=1S/C9H14N4O3/c14-9(15)6-13-8(10-11-12-13)4-3-7-2-1-5-16-7/h7H,1-6H2,(H,14,15). The van der Waals surface area contributed by atoms with Crippen molar-refractivity contribution in [2.45, 2.75) is 38.3 Å². The van der Waals surface area contributed by atoms with Gasteiger partial charge in [-0.3, -0.25) is 4.79 Å². The fourth-order valence-corrected chi connectivity index (χ4v) is 1.82. The van der Waals surface area contributed by atoms with Crippen LogP contribution >= 0.6 is 0 Å². The van der Waals surface area contributed by atoms with Gasteiger partial charge in [0, 0.05) is 13.0 Å². The number of carboxylic acids is 1. The molecule has 0 radical (unpaired) electrons. The van der Waals surface area contributed by atoms with Crippen molar-refractivity contribution in [3.8, 4) is 0 Å². The molecule has 88 valence electrons. The van der Waals surface area contributed by atoms with Gasteiger partial charge in [-0.25, -0.2) is 4.68 Å². The van der Waals surface area contributed by atoms with Gasteiger partial charge in [0.15, 0.2) is 5.82 Å². The number of nitrogens with zero attached hydrogens (tertiary/aromatic N) is 4. The van der Waals surface area contributed by atoms with Crippen LogP contribution in [0.2, 0.25) is 0 Å². The van der Waals surface area contributed by atoms with Crippen molar-refractivity contribution >= 4 is 5.97 Å². The summed E-state index contributed by atoms with van der Waals surface area (Å²) in [7, 11) is 0. The van der Waals surface area contributed by atoms with Gasteiger partial charge < -0.3 is 9.84 Å². The topological polar surface area (TPSA) is 90.1 Å². The number of hydrogen-bond donors (Lipinski definition) is 1. The van der Waals surface area contributed by atoms with E-state index in [4.69, 9.17) is 9.84 Å². The predicted octanol–water partition coefficient (Wildman–Crippen LogP) is -0.131. The van der Waals surface area contributed by atoms with Crippen LogP contribution in [-0.4, -0.2) is 44.0 Å². The molecule has 0 bridgehead atoms. The van der Waals surface area contributed by atoms with E-state index in [1.807, 2.05) is 0 Å². The van der Waals surface area contributed by atoms with E-state index in [1.54, 1.807) is 0 Å². The first-order chi connectivity index (χ1) is 7.75. The lowest BCUT2D eigenvalue weighted by Gasteiger charge is -2.07. The minimum Gasteiger partial charge on any atom is -0.480 e. The molecule has 0 saturated carbocycles. The minimum absolute atomic E-state index is 0.187. The molecule has 1 aliphatic rings. The summed E-state index contributed by atoms with van der Waals surface area (Å²) in [5, 5.41) is 19.6. The zero-order valence-corrected chi connectivity index (χ0v) is 8.87. The fraction of sp³-hybridized carbons (Fsp3) is 0.778. The number of carboxylic acid groups (broad SMARTS) is 1. The Morgan fingerprint density at radius 1 is 1.62 bits per heavy atom. The fourth-order valence-electron chi connectivity index (χ4n) is 1.82. The maximum atomic E-state index is 10.5. The third kappa shape index (κ3) is 2.75. The monoisotopic (exact) mass is 226 g/mol. The number of hydrogen-bond acceptors (Lipinski definition) is 5. The number of aromatic nitrogens is 4. The number of aryl methyl sites for hydroxylation is 1. The van der Waals surface area contributed by atoms with Gasteiger partial charge in [-0.05, 0) is 29.7 Å². The van der Waals surface area contributed by atoms with Gasteiger partial charge in [-0.2, -0.15) is 0 Å². The second-order valence-electron chi connectivity index (χ2n) is 3.82. The largest absolute Gasteiger partial charge is 0.480 e. The molecule has 0 aromatic carbocycles. The highest BCUT2D eigenvalue weighted by Crippen LogP contribution is 2.16. The second kappa shape index (κ2) is 5.02. The third-order valence-electron chi connectivity index (χ3n) is 2.61. The second-order valence-corrected chi connectivity index (χ2v) is 3.82. The molecule has 0 spiro atoms. The highest BCUT2D eigenvalue weighted by Gasteiger charge is 2.17. The van der Waals surface area contributed by atoms with E-state index in [0.717, 1.165) is 25.9 Å². The van der Waals surface area contributed by atoms with E-state index < -0.39 is 5.97 Å². The van der Waals surface area contributed by atoms with Gasteiger partial charge in [-0.15, -0.1) is 5.10 Å². The Hall–Kier alpha value is -1.50. The van der Waals surface area contributed by atoms with Crippen molar-refractivity contribution in [3.63, 3.8) is 0 Å². The first-order valence-electron chi connectivity index (χ1n) is 5.34. The van der Waals surface area contributed by atoms with Crippen LogP contribution in [0.5, 0.6) is 0 Å². The Balaban J connectivity index is 1.88. The Morgan fingerprint density at radius 2 is 2.50 bits per heavy atom. The summed E-state index contributed by atoms with van der Waals surface area (Å²) in [6.45, 7) is 0.637. The van der Waals surface area contributed by atoms with Gasteiger partial charge in [0.1, 0.15) is 6.54 Å². The quantitative estimate of drug-likeness (QED) is 0.752. The van der Waals surface area contributed by atoms with Crippen LogP contribution in [0.15, 0.2) is 0 Å². The lowest BCUT2D eigenvalue weighted by molar-refractivity contribution is -0.138. The van der Waals surface area contributed by atoms with Crippen LogP contribution < -0.4 is 0 Å². The average molecular weight is 226 g/mol. The summed E-state index contributed by atoms with van der Waals surface area (Å²) < 4.78 is 6.79. The first kappa shape index (κ1) is 11.0. The van der Waals surface area contributed by atoms with Crippen molar-refractivity contribution in [1.82, 2.24) is 20.2 Å². The smallest absolute Gasteiger partial charge is 0.325 e. The Labute approximate surface area is 92.4 Å². The van der Waals surface area contributed by atoms with Gasteiger partial charge in [0.2, 0.25) is 0 Å². The molecule has 0 amide bonds. The lowest BCUT2D eigenvalue weighted by atomic mass is 10.1. The summed E-state index contributed by atoms with van der Waals surface area (Å²) >= 11 is 0. The van der Waals surface area contributed by atoms with Crippen LogP contribution in [0, 0.1) is 0 Å². The molecule has 2 heterocycles. The summed E-state index contributed by atoms with van der Waals surface area (Å²) in [5.74, 6) is -0.330. The van der Waals surface area contributed by atoms with Crippen LogP contribution in [-0.2, 0) is 22.5 Å². The van der Waals surface area contributed by atoms with Crippen LogP contribution in [0.3, 0.4) is 0 Å². The molecular formula is C9H14N4O3. The normalized spacial score (nSPS) is 20.1. The van der Waals surface area contributed by atoms with Crippen LogP contribution in [0.1, 0.15) is 25.1 Å². The molecule has 1 atom stereocenters. The third-order valence-corrected chi connectivity index (χ3v) is 2.61. The van der Waals surface area contributed by atoms with Gasteiger partial charge in [0.05, 0.1) is 6.10 Å². The zero-order valence-electron chi connectivity index (χ0n) is 8.87. The molecule has 7 heteroatoms. The number of tetrazole rings is 1. The average Bonchev–Trinajstić information content (AvgIpc) is 2.84. The lowest BCUT2D eigenvalue weighted by Crippen LogP contribution is -2.15. The molecule has 1 N–H and O–H groups in total. The molecule has 1 unspecified atom stereocenters. The Morgan fingerprint density at radius 3 is 3.19 bits per heavy atom. The first-order valence-corrected chi connectivity index (χ1v) is 5.34. The molecule has 1 aromatic rings. The van der Waals surface area contributed by atoms with Crippen molar-refractivity contribution in [3.05, 3.63) is 5.82 Å². The maximum Gasteiger partial charge on any atom is 0.325 e. The van der Waals surface area contributed by atoms with Gasteiger partial charge in [-0.1, -0.05) is 0 Å². The van der Waals surface area contributed by atoms with E-state index >= 15 is 0 Å². The molecule has 7 nitrogen and oxygen atoms in total. The Kier molecular flexibility index (Phi) is 3.45. The maximum absolute atomic E-state index is 10.5. The van der Waals surface area contributed by atoms with Crippen molar-refractivity contribution in [2.75, 3.05) is 6.61 Å². The van der Waals surface area contributed by atoms with E-state index in [1.165, 1.54) is 4.68 Å².